The molecule has 1 N–H and O–H groups in total. The molecule has 0 aromatic heterocycles. The Morgan fingerprint density at radius 1 is 1.39 bits per heavy atom. The van der Waals surface area contributed by atoms with Crippen LogP contribution in [0.15, 0.2) is 18.2 Å². The van der Waals surface area contributed by atoms with Gasteiger partial charge >= 0.3 is 0 Å². The molecule has 1 unspecified atom stereocenters. The van der Waals surface area contributed by atoms with E-state index in [1.807, 2.05) is 27.1 Å². The van der Waals surface area contributed by atoms with Crippen molar-refractivity contribution in [2.24, 2.45) is 0 Å². The van der Waals surface area contributed by atoms with Crippen LogP contribution in [0.25, 0.3) is 0 Å². The molecule has 0 bridgehead atoms. The summed E-state index contributed by atoms with van der Waals surface area (Å²) < 4.78 is 23.1. The molecule has 1 heterocycles. The number of nitrogens with one attached hydrogen (secondary N) is 1. The molecular formula is C13H20N2O2S. The smallest absolute Gasteiger partial charge is 0.152 e. The lowest BCUT2D eigenvalue weighted by Gasteiger charge is -2.28. The number of aryl methyl sites for hydroxylation is 1. The van der Waals surface area contributed by atoms with Gasteiger partial charge in [-0.1, -0.05) is 6.07 Å². The SMILES string of the molecule is CNc1cc(C)ccc1N(C)C1CCS(=O)(=O)C1. The zero-order valence-electron chi connectivity index (χ0n) is 11.1. The number of hydrogen-bond acceptors (Lipinski definition) is 4. The van der Waals surface area contributed by atoms with Crippen LogP contribution in [-0.2, 0) is 9.84 Å². The number of anilines is 2. The van der Waals surface area contributed by atoms with E-state index in [2.05, 4.69) is 22.3 Å². The average Bonchev–Trinajstić information content (AvgIpc) is 2.68. The normalized spacial score (nSPS) is 21.8. The molecule has 1 saturated heterocycles. The second-order valence-electron chi connectivity index (χ2n) is 4.94. The summed E-state index contributed by atoms with van der Waals surface area (Å²) in [5.74, 6) is 0.573. The van der Waals surface area contributed by atoms with Crippen LogP contribution < -0.4 is 10.2 Å². The highest BCUT2D eigenvalue weighted by molar-refractivity contribution is 7.91. The van der Waals surface area contributed by atoms with Crippen LogP contribution in [0.5, 0.6) is 0 Å². The van der Waals surface area contributed by atoms with Crippen molar-refractivity contribution in [2.75, 3.05) is 35.8 Å². The predicted molar refractivity (Wildman–Crippen MR) is 76.2 cm³/mol. The van der Waals surface area contributed by atoms with Crippen LogP contribution in [0, 0.1) is 6.92 Å². The zero-order chi connectivity index (χ0) is 13.3. The molecule has 1 aromatic rings. The lowest BCUT2D eigenvalue weighted by atomic mass is 10.1. The van der Waals surface area contributed by atoms with Gasteiger partial charge in [0.1, 0.15) is 0 Å². The summed E-state index contributed by atoms with van der Waals surface area (Å²) in [7, 11) is 1.02. The lowest BCUT2D eigenvalue weighted by molar-refractivity contribution is 0.601. The fraction of sp³-hybridized carbons (Fsp3) is 0.538. The third kappa shape index (κ3) is 2.61. The van der Waals surface area contributed by atoms with Gasteiger partial charge in [-0.3, -0.25) is 0 Å². The number of rotatable bonds is 3. The molecule has 18 heavy (non-hydrogen) atoms. The van der Waals surface area contributed by atoms with E-state index in [-0.39, 0.29) is 11.8 Å². The Bertz CT molecular complexity index is 540. The Hall–Kier alpha value is -1.23. The van der Waals surface area contributed by atoms with Gasteiger partial charge in [-0.2, -0.15) is 0 Å². The third-order valence-corrected chi connectivity index (χ3v) is 5.31. The van der Waals surface area contributed by atoms with Gasteiger partial charge in [0.25, 0.3) is 0 Å². The van der Waals surface area contributed by atoms with Gasteiger partial charge in [-0.05, 0) is 31.0 Å². The first-order valence-corrected chi connectivity index (χ1v) is 7.97. The average molecular weight is 268 g/mol. The largest absolute Gasteiger partial charge is 0.386 e. The molecule has 5 heteroatoms. The molecule has 100 valence electrons. The minimum absolute atomic E-state index is 0.0878. The number of nitrogens with zero attached hydrogens (tertiary/aromatic N) is 1. The Kier molecular flexibility index (Phi) is 3.52. The summed E-state index contributed by atoms with van der Waals surface area (Å²) in [6, 6.07) is 6.27. The van der Waals surface area contributed by atoms with Gasteiger partial charge in [0.15, 0.2) is 9.84 Å². The second-order valence-corrected chi connectivity index (χ2v) is 7.17. The van der Waals surface area contributed by atoms with E-state index in [0.717, 1.165) is 17.8 Å². The van der Waals surface area contributed by atoms with Crippen LogP contribution in [0.2, 0.25) is 0 Å². The second kappa shape index (κ2) is 4.80. The summed E-state index contributed by atoms with van der Waals surface area (Å²) in [6.07, 6.45) is 0.718. The monoisotopic (exact) mass is 268 g/mol. The Labute approximate surface area is 109 Å². The molecular weight excluding hydrogens is 248 g/mol. The maximum Gasteiger partial charge on any atom is 0.152 e. The summed E-state index contributed by atoms with van der Waals surface area (Å²) in [6.45, 7) is 2.05. The highest BCUT2D eigenvalue weighted by Gasteiger charge is 2.31. The quantitative estimate of drug-likeness (QED) is 0.906. The first-order chi connectivity index (χ1) is 8.43. The maximum absolute atomic E-state index is 11.5. The topological polar surface area (TPSA) is 49.4 Å². The van der Waals surface area contributed by atoms with Gasteiger partial charge in [-0.25, -0.2) is 8.42 Å². The molecule has 1 aliphatic rings. The number of benzene rings is 1. The molecule has 1 aromatic carbocycles. The zero-order valence-corrected chi connectivity index (χ0v) is 11.9. The first kappa shape index (κ1) is 13.2. The van der Waals surface area contributed by atoms with Gasteiger partial charge in [0.05, 0.1) is 22.9 Å². The van der Waals surface area contributed by atoms with Crippen LogP contribution in [-0.4, -0.2) is 40.1 Å². The van der Waals surface area contributed by atoms with E-state index in [0.29, 0.717) is 5.75 Å². The third-order valence-electron chi connectivity index (χ3n) is 3.56. The van der Waals surface area contributed by atoms with Crippen molar-refractivity contribution in [3.05, 3.63) is 23.8 Å². The molecule has 0 aliphatic carbocycles. The van der Waals surface area contributed by atoms with E-state index in [1.165, 1.54) is 5.56 Å². The van der Waals surface area contributed by atoms with Crippen molar-refractivity contribution in [3.63, 3.8) is 0 Å². The van der Waals surface area contributed by atoms with E-state index in [4.69, 9.17) is 0 Å². The minimum Gasteiger partial charge on any atom is -0.386 e. The molecule has 1 aliphatic heterocycles. The summed E-state index contributed by atoms with van der Waals surface area (Å²) in [5.41, 5.74) is 3.29. The van der Waals surface area contributed by atoms with Gasteiger partial charge in [0, 0.05) is 20.1 Å². The summed E-state index contributed by atoms with van der Waals surface area (Å²) in [5, 5.41) is 3.17. The van der Waals surface area contributed by atoms with E-state index >= 15 is 0 Å². The van der Waals surface area contributed by atoms with Gasteiger partial charge in [0.2, 0.25) is 0 Å². The van der Waals surface area contributed by atoms with Crippen molar-refractivity contribution in [1.29, 1.82) is 0 Å². The highest BCUT2D eigenvalue weighted by Crippen LogP contribution is 2.30. The molecule has 4 nitrogen and oxygen atoms in total. The summed E-state index contributed by atoms with van der Waals surface area (Å²) >= 11 is 0. The van der Waals surface area contributed by atoms with Crippen molar-refractivity contribution in [2.45, 2.75) is 19.4 Å². The lowest BCUT2D eigenvalue weighted by Crippen LogP contribution is -2.33. The molecule has 0 amide bonds. The van der Waals surface area contributed by atoms with Crippen LogP contribution in [0.3, 0.4) is 0 Å². The van der Waals surface area contributed by atoms with E-state index < -0.39 is 9.84 Å². The van der Waals surface area contributed by atoms with Crippen molar-refractivity contribution >= 4 is 21.2 Å². The molecule has 1 fully saturated rings. The van der Waals surface area contributed by atoms with Gasteiger partial charge in [-0.15, -0.1) is 0 Å². The Balaban J connectivity index is 2.26. The Morgan fingerprint density at radius 2 is 2.11 bits per heavy atom. The summed E-state index contributed by atoms with van der Waals surface area (Å²) in [4.78, 5) is 2.08. The van der Waals surface area contributed by atoms with Crippen LogP contribution in [0.4, 0.5) is 11.4 Å². The molecule has 1 atom stereocenters. The van der Waals surface area contributed by atoms with Crippen LogP contribution >= 0.6 is 0 Å². The molecule has 0 radical (unpaired) electrons. The van der Waals surface area contributed by atoms with E-state index in [9.17, 15) is 8.42 Å². The fourth-order valence-corrected chi connectivity index (χ4v) is 4.21. The van der Waals surface area contributed by atoms with Crippen molar-refractivity contribution in [3.8, 4) is 0 Å². The predicted octanol–water partition coefficient (Wildman–Crippen LogP) is 1.66. The van der Waals surface area contributed by atoms with Crippen LogP contribution in [0.1, 0.15) is 12.0 Å². The number of hydrogen-bond donors (Lipinski definition) is 1. The molecule has 2 rings (SSSR count). The van der Waals surface area contributed by atoms with Crippen molar-refractivity contribution < 1.29 is 8.42 Å². The fourth-order valence-electron chi connectivity index (χ4n) is 2.44. The minimum atomic E-state index is -2.84. The Morgan fingerprint density at radius 3 is 2.67 bits per heavy atom. The molecule has 0 spiro atoms. The van der Waals surface area contributed by atoms with Crippen molar-refractivity contribution in [1.82, 2.24) is 0 Å². The standard InChI is InChI=1S/C13H20N2O2S/c1-10-4-5-13(12(8-10)14-2)15(3)11-6-7-18(16,17)9-11/h4-5,8,11,14H,6-7,9H2,1-3H3. The first-order valence-electron chi connectivity index (χ1n) is 6.14. The van der Waals surface area contributed by atoms with Gasteiger partial charge < -0.3 is 10.2 Å². The maximum atomic E-state index is 11.5. The molecule has 0 saturated carbocycles. The van der Waals surface area contributed by atoms with E-state index in [1.54, 1.807) is 0 Å². The number of sulfone groups is 1. The highest BCUT2D eigenvalue weighted by atomic mass is 32.2.